The van der Waals surface area contributed by atoms with Crippen LogP contribution in [0.15, 0.2) is 41.3 Å². The Morgan fingerprint density at radius 1 is 1.22 bits per heavy atom. The molecule has 0 aliphatic carbocycles. The van der Waals surface area contributed by atoms with Gasteiger partial charge in [0.15, 0.2) is 0 Å². The highest BCUT2D eigenvalue weighted by Gasteiger charge is 2.14. The molecule has 2 aromatic rings. The lowest BCUT2D eigenvalue weighted by Gasteiger charge is -2.06. The van der Waals surface area contributed by atoms with Crippen LogP contribution >= 0.6 is 10.7 Å². The minimum Gasteiger partial charge on any atom is -0.427 e. The lowest BCUT2D eigenvalue weighted by atomic mass is 10.1. The molecule has 0 saturated heterocycles. The molecule has 18 heavy (non-hydrogen) atoms. The molecule has 0 saturated carbocycles. The number of carbonyl (C=O) groups is 1. The molecular weight excluding hydrogens is 276 g/mol. The van der Waals surface area contributed by atoms with E-state index in [-0.39, 0.29) is 4.90 Å². The van der Waals surface area contributed by atoms with E-state index in [0.29, 0.717) is 16.5 Å². The van der Waals surface area contributed by atoms with Crippen molar-refractivity contribution in [3.63, 3.8) is 0 Å². The van der Waals surface area contributed by atoms with Crippen LogP contribution in [-0.2, 0) is 13.8 Å². The summed E-state index contributed by atoms with van der Waals surface area (Å²) in [6.07, 6.45) is 0. The third-order valence-corrected chi connectivity index (χ3v) is 3.72. The van der Waals surface area contributed by atoms with E-state index in [9.17, 15) is 13.2 Å². The third-order valence-electron chi connectivity index (χ3n) is 2.34. The zero-order chi connectivity index (χ0) is 13.3. The van der Waals surface area contributed by atoms with Gasteiger partial charge in [-0.05, 0) is 29.7 Å². The molecule has 0 spiro atoms. The van der Waals surface area contributed by atoms with Gasteiger partial charge in [0.1, 0.15) is 5.75 Å². The highest BCUT2D eigenvalue weighted by atomic mass is 35.7. The second kappa shape index (κ2) is 4.59. The van der Waals surface area contributed by atoms with E-state index in [1.807, 2.05) is 0 Å². The molecule has 94 valence electrons. The Hall–Kier alpha value is -1.59. The maximum Gasteiger partial charge on any atom is 0.308 e. The van der Waals surface area contributed by atoms with Crippen LogP contribution in [0, 0.1) is 0 Å². The number of fused-ring (bicyclic) bond motifs is 1. The monoisotopic (exact) mass is 284 g/mol. The maximum atomic E-state index is 11.4. The standard InChI is InChI=1S/C12H9ClO4S/c1-8(14)17-10-5-6-11-9(7-10)3-2-4-12(11)18(13,15)16/h2-7H,1H3. The summed E-state index contributed by atoms with van der Waals surface area (Å²) in [7, 11) is 1.55. The normalized spacial score (nSPS) is 11.4. The molecule has 0 heterocycles. The second-order valence-corrected chi connectivity index (χ2v) is 6.20. The Balaban J connectivity index is 2.64. The zero-order valence-electron chi connectivity index (χ0n) is 9.38. The minimum atomic E-state index is -3.80. The SMILES string of the molecule is CC(=O)Oc1ccc2c(S(=O)(=O)Cl)cccc2c1. The van der Waals surface area contributed by atoms with Crippen molar-refractivity contribution in [2.45, 2.75) is 11.8 Å². The van der Waals surface area contributed by atoms with Gasteiger partial charge in [0.2, 0.25) is 0 Å². The molecule has 2 aromatic carbocycles. The average Bonchev–Trinajstić information content (AvgIpc) is 2.25. The molecule has 0 aliphatic rings. The van der Waals surface area contributed by atoms with E-state index in [1.54, 1.807) is 24.3 Å². The van der Waals surface area contributed by atoms with Crippen LogP contribution in [0.1, 0.15) is 6.92 Å². The summed E-state index contributed by atoms with van der Waals surface area (Å²) in [4.78, 5) is 10.9. The number of carbonyl (C=O) groups excluding carboxylic acids is 1. The Morgan fingerprint density at radius 3 is 2.56 bits per heavy atom. The Labute approximate surface area is 109 Å². The van der Waals surface area contributed by atoms with Gasteiger partial charge in [-0.1, -0.05) is 12.1 Å². The number of esters is 1. The summed E-state index contributed by atoms with van der Waals surface area (Å²) in [6.45, 7) is 1.30. The maximum absolute atomic E-state index is 11.4. The molecular formula is C12H9ClO4S. The topological polar surface area (TPSA) is 60.4 Å². The first-order valence-electron chi connectivity index (χ1n) is 5.04. The van der Waals surface area contributed by atoms with Gasteiger partial charge in [-0.2, -0.15) is 0 Å². The first-order valence-corrected chi connectivity index (χ1v) is 7.35. The van der Waals surface area contributed by atoms with E-state index in [1.165, 1.54) is 19.1 Å². The van der Waals surface area contributed by atoms with Gasteiger partial charge in [-0.3, -0.25) is 4.79 Å². The van der Waals surface area contributed by atoms with Crippen LogP contribution in [0.25, 0.3) is 10.8 Å². The van der Waals surface area contributed by atoms with E-state index in [2.05, 4.69) is 0 Å². The van der Waals surface area contributed by atoms with E-state index >= 15 is 0 Å². The Kier molecular flexibility index (Phi) is 3.28. The van der Waals surface area contributed by atoms with Crippen molar-refractivity contribution in [1.29, 1.82) is 0 Å². The lowest BCUT2D eigenvalue weighted by Crippen LogP contribution is -2.01. The van der Waals surface area contributed by atoms with Crippen LogP contribution in [0.3, 0.4) is 0 Å². The smallest absolute Gasteiger partial charge is 0.308 e. The largest absolute Gasteiger partial charge is 0.427 e. The van der Waals surface area contributed by atoms with Crippen molar-refractivity contribution in [2.75, 3.05) is 0 Å². The number of hydrogen-bond acceptors (Lipinski definition) is 4. The molecule has 0 amide bonds. The highest BCUT2D eigenvalue weighted by molar-refractivity contribution is 8.14. The summed E-state index contributed by atoms with van der Waals surface area (Å²) in [5, 5.41) is 1.12. The summed E-state index contributed by atoms with van der Waals surface area (Å²) in [6, 6.07) is 9.39. The lowest BCUT2D eigenvalue weighted by molar-refractivity contribution is -0.131. The fourth-order valence-corrected chi connectivity index (χ4v) is 2.77. The second-order valence-electron chi connectivity index (χ2n) is 3.67. The predicted octanol–water partition coefficient (Wildman–Crippen LogP) is 2.69. The Morgan fingerprint density at radius 2 is 1.94 bits per heavy atom. The van der Waals surface area contributed by atoms with Gasteiger partial charge in [0, 0.05) is 23.0 Å². The number of halogens is 1. The summed E-state index contributed by atoms with van der Waals surface area (Å²) in [5.41, 5.74) is 0. The number of rotatable bonds is 2. The van der Waals surface area contributed by atoms with Crippen LogP contribution in [0.5, 0.6) is 5.75 Å². The summed E-state index contributed by atoms with van der Waals surface area (Å²) < 4.78 is 27.7. The summed E-state index contributed by atoms with van der Waals surface area (Å²) >= 11 is 0. The van der Waals surface area contributed by atoms with Gasteiger partial charge >= 0.3 is 5.97 Å². The van der Waals surface area contributed by atoms with Crippen LogP contribution < -0.4 is 4.74 Å². The van der Waals surface area contributed by atoms with E-state index < -0.39 is 15.0 Å². The Bertz CT molecular complexity index is 722. The van der Waals surface area contributed by atoms with Gasteiger partial charge in [0.05, 0.1) is 4.90 Å². The fraction of sp³-hybridized carbons (Fsp3) is 0.0833. The number of ether oxygens (including phenoxy) is 1. The van der Waals surface area contributed by atoms with Crippen LogP contribution in [-0.4, -0.2) is 14.4 Å². The average molecular weight is 285 g/mol. The molecule has 0 unspecified atom stereocenters. The first-order chi connectivity index (χ1) is 8.38. The van der Waals surface area contributed by atoms with E-state index in [4.69, 9.17) is 15.4 Å². The van der Waals surface area contributed by atoms with Gasteiger partial charge < -0.3 is 4.74 Å². The molecule has 0 fully saturated rings. The van der Waals surface area contributed by atoms with Crippen molar-refractivity contribution in [3.05, 3.63) is 36.4 Å². The predicted molar refractivity (Wildman–Crippen MR) is 68.3 cm³/mol. The molecule has 0 aromatic heterocycles. The van der Waals surface area contributed by atoms with Crippen molar-refractivity contribution in [2.24, 2.45) is 0 Å². The zero-order valence-corrected chi connectivity index (χ0v) is 11.0. The molecule has 6 heteroatoms. The molecule has 0 radical (unpaired) electrons. The molecule has 0 atom stereocenters. The molecule has 4 nitrogen and oxygen atoms in total. The number of hydrogen-bond donors (Lipinski definition) is 0. The first kappa shape index (κ1) is 12.9. The quantitative estimate of drug-likeness (QED) is 0.483. The van der Waals surface area contributed by atoms with Crippen molar-refractivity contribution in [1.82, 2.24) is 0 Å². The molecule has 0 bridgehead atoms. The summed E-state index contributed by atoms with van der Waals surface area (Å²) in [5.74, 6) is -0.0745. The molecule has 0 aliphatic heterocycles. The van der Waals surface area contributed by atoms with Crippen LogP contribution in [0.2, 0.25) is 0 Å². The fourth-order valence-electron chi connectivity index (χ4n) is 1.67. The highest BCUT2D eigenvalue weighted by Crippen LogP contribution is 2.28. The van der Waals surface area contributed by atoms with Gasteiger partial charge in [-0.15, -0.1) is 0 Å². The minimum absolute atomic E-state index is 0.0380. The number of benzene rings is 2. The third kappa shape index (κ3) is 2.63. The van der Waals surface area contributed by atoms with E-state index in [0.717, 1.165) is 0 Å². The van der Waals surface area contributed by atoms with Crippen molar-refractivity contribution < 1.29 is 17.9 Å². The van der Waals surface area contributed by atoms with Crippen LogP contribution in [0.4, 0.5) is 0 Å². The van der Waals surface area contributed by atoms with Crippen molar-refractivity contribution in [3.8, 4) is 5.75 Å². The molecule has 2 rings (SSSR count). The molecule has 0 N–H and O–H groups in total. The van der Waals surface area contributed by atoms with Gasteiger partial charge in [0.25, 0.3) is 9.05 Å². The van der Waals surface area contributed by atoms with Gasteiger partial charge in [-0.25, -0.2) is 8.42 Å². The van der Waals surface area contributed by atoms with Crippen molar-refractivity contribution >= 4 is 36.5 Å².